The van der Waals surface area contributed by atoms with Crippen molar-refractivity contribution in [2.45, 2.75) is 0 Å². The number of para-hydroxylation sites is 2. The predicted octanol–water partition coefficient (Wildman–Crippen LogP) is 10.5. The molecule has 0 spiro atoms. The van der Waals surface area contributed by atoms with E-state index >= 15 is 0 Å². The first-order chi connectivity index (χ1) is 29.4. The number of rotatable bonds is 2. The van der Waals surface area contributed by atoms with Crippen molar-refractivity contribution >= 4 is 43.4 Å². The van der Waals surface area contributed by atoms with Gasteiger partial charge in [-0.15, -0.1) is 0 Å². The van der Waals surface area contributed by atoms with Crippen molar-refractivity contribution < 1.29 is 36.3 Å². The van der Waals surface area contributed by atoms with Crippen molar-refractivity contribution in [2.75, 3.05) is 0 Å². The van der Waals surface area contributed by atoms with Gasteiger partial charge in [-0.25, -0.2) is 0 Å². The van der Waals surface area contributed by atoms with Crippen LogP contribution < -0.4 is 4.74 Å². The second-order valence-electron chi connectivity index (χ2n) is 8.77. The molecule has 2 heteroatoms. The molecule has 0 unspecified atom stereocenters. The molecule has 7 aromatic carbocycles. The molecule has 0 amide bonds. The maximum Gasteiger partial charge on any atom is 0.135 e. The molecule has 0 radical (unpaired) electrons. The summed E-state index contributed by atoms with van der Waals surface area (Å²) in [5.41, 5.74) is -3.92. The Hall–Kier alpha value is -5.34. The van der Waals surface area contributed by atoms with Crippen LogP contribution in [0.5, 0.6) is 11.5 Å². The highest BCUT2D eigenvalue weighted by molar-refractivity contribution is 6.19. The molecular formula is C38H23NO. The summed E-state index contributed by atoms with van der Waals surface area (Å²) in [6.07, 6.45) is 0. The number of benzene rings is 7. The summed E-state index contributed by atoms with van der Waals surface area (Å²) in [6, 6.07) is -18.8. The van der Waals surface area contributed by atoms with Crippen LogP contribution in [0.4, 0.5) is 0 Å². The van der Waals surface area contributed by atoms with E-state index in [2.05, 4.69) is 0 Å². The largest absolute Gasteiger partial charge is 0.456 e. The van der Waals surface area contributed by atoms with Gasteiger partial charge in [0.15, 0.2) is 0 Å². The van der Waals surface area contributed by atoms with Gasteiger partial charge in [-0.1, -0.05) is 103 Å². The third-order valence-corrected chi connectivity index (χ3v) is 6.68. The maximum absolute atomic E-state index is 9.82. The zero-order valence-electron chi connectivity index (χ0n) is 42.9. The minimum absolute atomic E-state index is 0.363. The quantitative estimate of drug-likeness (QED) is 0.216. The molecular weight excluding hydrogens is 486 g/mol. The standard InChI is InChI=1S/C38H23NO/c1-2-10-26(11-3-1)39-34-21-18-25(23-33(34)32-19-17-24-9-4-5-12-28(24)38(32)39)27-20-22-36-37-30(27)14-8-15-31(37)29-13-6-7-16-35(29)40-36/h1-23H/i1D,2D,3D,4D,5D,6D,7D,8D,9D,10D,11D,12D,13D,14D,15D,16D,17D,18D,19D,20D,21D,22D,23D. The summed E-state index contributed by atoms with van der Waals surface area (Å²) in [6.45, 7) is 0. The van der Waals surface area contributed by atoms with Crippen LogP contribution in [0.1, 0.15) is 31.5 Å². The van der Waals surface area contributed by atoms with Gasteiger partial charge in [0.2, 0.25) is 0 Å². The molecule has 186 valence electrons. The van der Waals surface area contributed by atoms with E-state index in [1.807, 2.05) is 0 Å². The number of ether oxygens (including phenoxy) is 1. The molecule has 8 aromatic rings. The summed E-state index contributed by atoms with van der Waals surface area (Å²) in [5, 5.41) is -2.93. The molecule has 1 aliphatic heterocycles. The lowest BCUT2D eigenvalue weighted by atomic mass is 9.90. The van der Waals surface area contributed by atoms with Gasteiger partial charge in [-0.05, 0) is 63.7 Å². The van der Waals surface area contributed by atoms with E-state index in [0.29, 0.717) is 0 Å². The molecule has 0 saturated carbocycles. The highest BCUT2D eigenvalue weighted by Crippen LogP contribution is 2.49. The Morgan fingerprint density at radius 3 is 2.25 bits per heavy atom. The lowest BCUT2D eigenvalue weighted by Gasteiger charge is -2.22. The Bertz CT molecular complexity index is 3550. The molecule has 1 aromatic heterocycles. The first-order valence-electron chi connectivity index (χ1n) is 23.3. The summed E-state index contributed by atoms with van der Waals surface area (Å²) in [4.78, 5) is 0. The van der Waals surface area contributed by atoms with Crippen LogP contribution in [0.15, 0.2) is 139 Å². The van der Waals surface area contributed by atoms with Gasteiger partial charge in [-0.2, -0.15) is 0 Å². The number of aromatic nitrogens is 1. The normalized spacial score (nSPS) is 20.2. The molecule has 1 aliphatic rings. The zero-order chi connectivity index (χ0) is 46.2. The number of hydrogen-bond donors (Lipinski definition) is 0. The van der Waals surface area contributed by atoms with E-state index in [-0.39, 0.29) is 10.9 Å². The van der Waals surface area contributed by atoms with Crippen LogP contribution >= 0.6 is 0 Å². The first kappa shape index (κ1) is 9.11. The number of fused-ring (bicyclic) bond motifs is 7. The van der Waals surface area contributed by atoms with Gasteiger partial charge < -0.3 is 9.30 Å². The smallest absolute Gasteiger partial charge is 0.135 e. The Morgan fingerprint density at radius 2 is 1.30 bits per heavy atom. The third-order valence-electron chi connectivity index (χ3n) is 6.68. The van der Waals surface area contributed by atoms with Crippen molar-refractivity contribution in [3.63, 3.8) is 0 Å². The summed E-state index contributed by atoms with van der Waals surface area (Å²) in [5.74, 6) is -1.08. The Labute approximate surface area is 263 Å². The summed E-state index contributed by atoms with van der Waals surface area (Å²) in [7, 11) is 0. The van der Waals surface area contributed by atoms with E-state index in [0.717, 1.165) is 4.57 Å². The topological polar surface area (TPSA) is 14.2 Å². The second-order valence-corrected chi connectivity index (χ2v) is 8.77. The van der Waals surface area contributed by atoms with E-state index in [1.165, 1.54) is 0 Å². The van der Waals surface area contributed by atoms with Gasteiger partial charge in [0.05, 0.1) is 42.6 Å². The number of nitrogens with zero attached hydrogens (tertiary/aromatic N) is 1. The molecule has 0 fully saturated rings. The van der Waals surface area contributed by atoms with Crippen LogP contribution in [-0.4, -0.2) is 4.57 Å². The van der Waals surface area contributed by atoms with Crippen LogP contribution in [-0.2, 0) is 0 Å². The lowest BCUT2D eigenvalue weighted by Crippen LogP contribution is -1.97. The molecule has 0 atom stereocenters. The van der Waals surface area contributed by atoms with Crippen molar-refractivity contribution in [2.24, 2.45) is 0 Å². The van der Waals surface area contributed by atoms with E-state index in [4.69, 9.17) is 29.4 Å². The van der Waals surface area contributed by atoms with Crippen molar-refractivity contribution in [1.29, 1.82) is 0 Å². The molecule has 0 N–H and O–H groups in total. The van der Waals surface area contributed by atoms with E-state index < -0.39 is 211 Å². The average molecular weight is 533 g/mol. The fourth-order valence-corrected chi connectivity index (χ4v) is 5.03. The molecule has 2 heterocycles. The molecule has 0 saturated heterocycles. The molecule has 40 heavy (non-hydrogen) atoms. The van der Waals surface area contributed by atoms with Crippen molar-refractivity contribution in [3.8, 4) is 39.4 Å². The molecule has 2 nitrogen and oxygen atoms in total. The summed E-state index contributed by atoms with van der Waals surface area (Å²) >= 11 is 0. The monoisotopic (exact) mass is 532 g/mol. The highest BCUT2D eigenvalue weighted by atomic mass is 16.5. The first-order valence-corrected chi connectivity index (χ1v) is 11.8. The fourth-order valence-electron chi connectivity index (χ4n) is 5.03. The van der Waals surface area contributed by atoms with Gasteiger partial charge in [0, 0.05) is 32.8 Å². The summed E-state index contributed by atoms with van der Waals surface area (Å²) < 4.78 is 211. The van der Waals surface area contributed by atoms with Crippen LogP contribution in [0.25, 0.3) is 71.3 Å². The van der Waals surface area contributed by atoms with Crippen LogP contribution in [0.2, 0.25) is 0 Å². The molecule has 9 rings (SSSR count). The van der Waals surface area contributed by atoms with Gasteiger partial charge in [0.1, 0.15) is 11.5 Å². The molecule has 0 bridgehead atoms. The third kappa shape index (κ3) is 2.93. The SMILES string of the molecule is [2H]c1c([2H])c([2H])c(-n2c3c([2H])c([2H])c(-c4c([2H])c([2H])c5c6c(c([2H])c([2H])c([2H])c46)-c4c([2H])c([2H])c([2H])c([2H])c4O5)c([2H])c3c3c([2H])c([2H])c4c([2H])c([2H])c([2H])c([2H])c4c32)c([2H])c1[2H]. The van der Waals surface area contributed by atoms with E-state index in [1.54, 1.807) is 0 Å². The fraction of sp³-hybridized carbons (Fsp3) is 0. The van der Waals surface area contributed by atoms with Gasteiger partial charge >= 0.3 is 0 Å². The maximum atomic E-state index is 9.82. The van der Waals surface area contributed by atoms with Gasteiger partial charge in [0.25, 0.3) is 0 Å². The zero-order valence-corrected chi connectivity index (χ0v) is 19.9. The van der Waals surface area contributed by atoms with E-state index in [9.17, 15) is 6.85 Å². The number of hydrogen-bond acceptors (Lipinski definition) is 1. The van der Waals surface area contributed by atoms with Crippen molar-refractivity contribution in [3.05, 3.63) is 139 Å². The average Bonchev–Trinajstić information content (AvgIpc) is 3.60. The minimum Gasteiger partial charge on any atom is -0.456 e. The van der Waals surface area contributed by atoms with Crippen LogP contribution in [0.3, 0.4) is 0 Å². The minimum atomic E-state index is -0.947. The lowest BCUT2D eigenvalue weighted by molar-refractivity contribution is 0.487. The Balaban J connectivity index is 1.59. The van der Waals surface area contributed by atoms with Crippen LogP contribution in [0, 0.1) is 0 Å². The Morgan fingerprint density at radius 1 is 0.500 bits per heavy atom. The second kappa shape index (κ2) is 8.08. The van der Waals surface area contributed by atoms with Gasteiger partial charge in [-0.3, -0.25) is 0 Å². The Kier molecular flexibility index (Phi) is 1.84. The predicted molar refractivity (Wildman–Crippen MR) is 167 cm³/mol. The molecule has 0 aliphatic carbocycles. The highest BCUT2D eigenvalue weighted by Gasteiger charge is 2.22. The van der Waals surface area contributed by atoms with Crippen molar-refractivity contribution in [1.82, 2.24) is 4.57 Å².